The van der Waals surface area contributed by atoms with E-state index in [0.717, 1.165) is 18.5 Å². The van der Waals surface area contributed by atoms with Crippen LogP contribution in [0.5, 0.6) is 0 Å². The van der Waals surface area contributed by atoms with Gasteiger partial charge in [-0.3, -0.25) is 14.3 Å². The van der Waals surface area contributed by atoms with Crippen LogP contribution in [0.2, 0.25) is 5.15 Å². The second kappa shape index (κ2) is 6.30. The van der Waals surface area contributed by atoms with Gasteiger partial charge in [-0.2, -0.15) is 5.10 Å². The normalized spacial score (nSPS) is 14.6. The van der Waals surface area contributed by atoms with Gasteiger partial charge in [0.15, 0.2) is 0 Å². The Hall–Kier alpha value is -1.82. The molecule has 0 spiro atoms. The van der Waals surface area contributed by atoms with Crippen molar-refractivity contribution in [1.82, 2.24) is 14.7 Å². The molecule has 21 heavy (non-hydrogen) atoms. The first kappa shape index (κ1) is 15.6. The van der Waals surface area contributed by atoms with E-state index < -0.39 is 5.97 Å². The summed E-state index contributed by atoms with van der Waals surface area (Å²) in [4.78, 5) is 24.4. The first-order chi connectivity index (χ1) is 9.88. The molecule has 6 nitrogen and oxygen atoms in total. The van der Waals surface area contributed by atoms with Gasteiger partial charge in [0.2, 0.25) is 5.91 Å². The molecular formula is C14H18ClN3O3. The Morgan fingerprint density at radius 2 is 2.19 bits per heavy atom. The lowest BCUT2D eigenvalue weighted by atomic mass is 10.2. The number of nitrogens with zero attached hydrogens (tertiary/aromatic N) is 3. The van der Waals surface area contributed by atoms with Gasteiger partial charge in [0.05, 0.1) is 5.69 Å². The molecule has 0 aromatic carbocycles. The van der Waals surface area contributed by atoms with Crippen LogP contribution < -0.4 is 0 Å². The quantitative estimate of drug-likeness (QED) is 0.812. The molecule has 114 valence electrons. The van der Waals surface area contributed by atoms with E-state index in [1.54, 1.807) is 20.0 Å². The third kappa shape index (κ3) is 4.07. The van der Waals surface area contributed by atoms with Crippen LogP contribution in [0.4, 0.5) is 0 Å². The van der Waals surface area contributed by atoms with Crippen LogP contribution in [0.1, 0.15) is 24.1 Å². The predicted molar refractivity (Wildman–Crippen MR) is 78.9 cm³/mol. The Labute approximate surface area is 128 Å². The number of carboxylic acids is 1. The van der Waals surface area contributed by atoms with Crippen molar-refractivity contribution in [2.45, 2.75) is 19.8 Å². The summed E-state index contributed by atoms with van der Waals surface area (Å²) >= 11 is 6.09. The zero-order valence-corrected chi connectivity index (χ0v) is 12.8. The lowest BCUT2D eigenvalue weighted by Crippen LogP contribution is -2.36. The van der Waals surface area contributed by atoms with Crippen molar-refractivity contribution >= 4 is 29.6 Å². The Kier molecular flexibility index (Phi) is 4.67. The van der Waals surface area contributed by atoms with Gasteiger partial charge < -0.3 is 10.0 Å². The van der Waals surface area contributed by atoms with E-state index in [1.807, 2.05) is 0 Å². The summed E-state index contributed by atoms with van der Waals surface area (Å²) in [5.74, 6) is -0.887. The molecule has 1 aromatic heterocycles. The van der Waals surface area contributed by atoms with Crippen molar-refractivity contribution in [3.8, 4) is 0 Å². The molecular weight excluding hydrogens is 294 g/mol. The smallest absolute Gasteiger partial charge is 0.323 e. The van der Waals surface area contributed by atoms with E-state index in [2.05, 4.69) is 5.10 Å². The molecule has 2 rings (SSSR count). The van der Waals surface area contributed by atoms with Crippen molar-refractivity contribution in [1.29, 1.82) is 0 Å². The van der Waals surface area contributed by atoms with Crippen molar-refractivity contribution < 1.29 is 14.7 Å². The molecule has 0 unspecified atom stereocenters. The molecule has 1 aliphatic carbocycles. The minimum atomic E-state index is -1.01. The number of aryl methyl sites for hydroxylation is 2. The number of hydrogen-bond acceptors (Lipinski definition) is 3. The van der Waals surface area contributed by atoms with Gasteiger partial charge in [0.1, 0.15) is 11.7 Å². The standard InChI is InChI=1S/C14H18ClN3O3/c1-9-11(14(15)17(2)16-9)5-6-12(19)18(8-13(20)21)7-10-3-4-10/h5-6,10H,3-4,7-8H2,1-2H3,(H,20,21)/b6-5+. The van der Waals surface area contributed by atoms with Crippen LogP contribution in [0.15, 0.2) is 6.08 Å². The van der Waals surface area contributed by atoms with Crippen molar-refractivity contribution in [2.24, 2.45) is 13.0 Å². The molecule has 1 N–H and O–H groups in total. The van der Waals surface area contributed by atoms with Crippen LogP contribution in [0.3, 0.4) is 0 Å². The van der Waals surface area contributed by atoms with Gasteiger partial charge in [-0.05, 0) is 31.8 Å². The van der Waals surface area contributed by atoms with Crippen molar-refractivity contribution in [3.63, 3.8) is 0 Å². The van der Waals surface area contributed by atoms with E-state index >= 15 is 0 Å². The summed E-state index contributed by atoms with van der Waals surface area (Å²) in [6, 6.07) is 0. The molecule has 1 aliphatic rings. The van der Waals surface area contributed by atoms with E-state index in [0.29, 0.717) is 23.2 Å². The first-order valence-electron chi connectivity index (χ1n) is 6.76. The number of rotatable bonds is 6. The van der Waals surface area contributed by atoms with E-state index in [4.69, 9.17) is 16.7 Å². The topological polar surface area (TPSA) is 75.4 Å². The van der Waals surface area contributed by atoms with E-state index in [1.165, 1.54) is 15.7 Å². The molecule has 0 atom stereocenters. The highest BCUT2D eigenvalue weighted by Gasteiger charge is 2.27. The first-order valence-corrected chi connectivity index (χ1v) is 7.14. The number of carboxylic acid groups (broad SMARTS) is 1. The number of halogens is 1. The molecule has 1 fully saturated rings. The molecule has 0 aliphatic heterocycles. The molecule has 0 radical (unpaired) electrons. The van der Waals surface area contributed by atoms with Gasteiger partial charge >= 0.3 is 5.97 Å². The highest BCUT2D eigenvalue weighted by atomic mass is 35.5. The van der Waals surface area contributed by atoms with Crippen LogP contribution in [0.25, 0.3) is 6.08 Å². The minimum absolute atomic E-state index is 0.278. The fraction of sp³-hybridized carbons (Fsp3) is 0.500. The Bertz CT molecular complexity index is 591. The maximum absolute atomic E-state index is 12.2. The van der Waals surface area contributed by atoms with E-state index in [9.17, 15) is 9.59 Å². The number of carbonyl (C=O) groups is 2. The number of aliphatic carboxylic acids is 1. The van der Waals surface area contributed by atoms with Gasteiger partial charge in [-0.15, -0.1) is 0 Å². The summed E-state index contributed by atoms with van der Waals surface area (Å²) < 4.78 is 1.53. The third-order valence-electron chi connectivity index (χ3n) is 3.40. The zero-order valence-electron chi connectivity index (χ0n) is 12.0. The Balaban J connectivity index is 2.09. The van der Waals surface area contributed by atoms with Gasteiger partial charge in [-0.1, -0.05) is 11.6 Å². The average molecular weight is 312 g/mol. The SMILES string of the molecule is Cc1nn(C)c(Cl)c1/C=C/C(=O)N(CC(=O)O)CC1CC1. The number of hydrogen-bond donors (Lipinski definition) is 1. The maximum Gasteiger partial charge on any atom is 0.323 e. The van der Waals surface area contributed by atoms with Crippen molar-refractivity contribution in [2.75, 3.05) is 13.1 Å². The largest absolute Gasteiger partial charge is 0.480 e. The number of aromatic nitrogens is 2. The minimum Gasteiger partial charge on any atom is -0.480 e. The molecule has 1 saturated carbocycles. The van der Waals surface area contributed by atoms with Gasteiger partial charge in [0, 0.05) is 25.2 Å². The highest BCUT2D eigenvalue weighted by molar-refractivity contribution is 6.31. The van der Waals surface area contributed by atoms with Crippen LogP contribution >= 0.6 is 11.6 Å². The average Bonchev–Trinajstić information content (AvgIpc) is 3.16. The molecule has 1 aromatic rings. The van der Waals surface area contributed by atoms with Gasteiger partial charge in [-0.25, -0.2) is 0 Å². The second-order valence-electron chi connectivity index (χ2n) is 5.30. The molecule has 0 bridgehead atoms. The highest BCUT2D eigenvalue weighted by Crippen LogP contribution is 2.29. The lowest BCUT2D eigenvalue weighted by Gasteiger charge is -2.18. The monoisotopic (exact) mass is 311 g/mol. The molecule has 1 heterocycles. The number of carbonyl (C=O) groups excluding carboxylic acids is 1. The predicted octanol–water partition coefficient (Wildman–Crippen LogP) is 1.72. The summed E-state index contributed by atoms with van der Waals surface area (Å²) in [6.07, 6.45) is 5.07. The lowest BCUT2D eigenvalue weighted by molar-refractivity contribution is -0.142. The van der Waals surface area contributed by atoms with Crippen LogP contribution in [-0.4, -0.2) is 44.8 Å². The Morgan fingerprint density at radius 3 is 2.67 bits per heavy atom. The maximum atomic E-state index is 12.2. The van der Waals surface area contributed by atoms with Crippen LogP contribution in [-0.2, 0) is 16.6 Å². The third-order valence-corrected chi connectivity index (χ3v) is 3.85. The number of amides is 1. The fourth-order valence-electron chi connectivity index (χ4n) is 2.10. The summed E-state index contributed by atoms with van der Waals surface area (Å²) in [5, 5.41) is 13.5. The van der Waals surface area contributed by atoms with Crippen LogP contribution in [0, 0.1) is 12.8 Å². The summed E-state index contributed by atoms with van der Waals surface area (Å²) in [6.45, 7) is 2.02. The zero-order chi connectivity index (χ0) is 15.6. The fourth-order valence-corrected chi connectivity index (χ4v) is 2.34. The second-order valence-corrected chi connectivity index (χ2v) is 5.66. The molecule has 1 amide bonds. The van der Waals surface area contributed by atoms with E-state index in [-0.39, 0.29) is 12.5 Å². The Morgan fingerprint density at radius 1 is 1.52 bits per heavy atom. The summed E-state index contributed by atoms with van der Waals surface area (Å²) in [7, 11) is 1.72. The van der Waals surface area contributed by atoms with Crippen molar-refractivity contribution in [3.05, 3.63) is 22.5 Å². The van der Waals surface area contributed by atoms with Gasteiger partial charge in [0.25, 0.3) is 0 Å². The summed E-state index contributed by atoms with van der Waals surface area (Å²) in [5.41, 5.74) is 1.40. The molecule has 7 heteroatoms. The molecule has 0 saturated heterocycles.